The summed E-state index contributed by atoms with van der Waals surface area (Å²) >= 11 is 0. The zero-order chi connectivity index (χ0) is 14.8. The second kappa shape index (κ2) is 5.53. The molecule has 0 unspecified atom stereocenters. The van der Waals surface area contributed by atoms with Crippen LogP contribution in [-0.4, -0.2) is 11.5 Å². The number of nitrogens with zero attached hydrogens (tertiary/aromatic N) is 1. The van der Waals surface area contributed by atoms with Crippen LogP contribution in [0.1, 0.15) is 30.5 Å². The predicted molar refractivity (Wildman–Crippen MR) is 86.1 cm³/mol. The van der Waals surface area contributed by atoms with Gasteiger partial charge < -0.3 is 11.1 Å². The fraction of sp³-hybridized carbons (Fsp3) is 0.353. The number of nitrogen functional groups attached to an aromatic ring is 1. The Balaban J connectivity index is 2.08. The van der Waals surface area contributed by atoms with Crippen molar-refractivity contribution in [2.24, 2.45) is 0 Å². The number of aromatic nitrogens is 1. The highest BCUT2D eigenvalue weighted by Gasteiger charge is 2.20. The normalized spacial score (nSPS) is 11.4. The number of hydrogen-bond acceptors (Lipinski definition) is 3. The summed E-state index contributed by atoms with van der Waals surface area (Å²) in [6.45, 7) is 9.39. The fourth-order valence-electron chi connectivity index (χ4n) is 2.08. The van der Waals surface area contributed by atoms with E-state index in [0.717, 1.165) is 23.6 Å². The lowest BCUT2D eigenvalue weighted by Crippen LogP contribution is -2.27. The van der Waals surface area contributed by atoms with Gasteiger partial charge in [0.15, 0.2) is 0 Å². The molecule has 0 spiro atoms. The average Bonchev–Trinajstić information content (AvgIpc) is 2.41. The van der Waals surface area contributed by atoms with Crippen molar-refractivity contribution >= 4 is 11.5 Å². The highest BCUT2D eigenvalue weighted by Crippen LogP contribution is 2.24. The first-order valence-corrected chi connectivity index (χ1v) is 6.91. The van der Waals surface area contributed by atoms with Gasteiger partial charge in [0.1, 0.15) is 5.82 Å². The Kier molecular flexibility index (Phi) is 3.98. The summed E-state index contributed by atoms with van der Waals surface area (Å²) in [5, 5.41) is 3.40. The summed E-state index contributed by atoms with van der Waals surface area (Å²) in [5.41, 5.74) is 10.2. The van der Waals surface area contributed by atoms with E-state index in [9.17, 15) is 0 Å². The maximum Gasteiger partial charge on any atom is 0.126 e. The molecular formula is C17H23N3. The summed E-state index contributed by atoms with van der Waals surface area (Å²) < 4.78 is 0. The van der Waals surface area contributed by atoms with Crippen LogP contribution in [-0.2, 0) is 5.41 Å². The minimum Gasteiger partial charge on any atom is -0.397 e. The van der Waals surface area contributed by atoms with Crippen LogP contribution in [0.25, 0.3) is 0 Å². The molecule has 3 heteroatoms. The minimum absolute atomic E-state index is 0.0463. The third kappa shape index (κ3) is 3.29. The molecule has 0 bridgehead atoms. The largest absolute Gasteiger partial charge is 0.397 e. The van der Waals surface area contributed by atoms with E-state index in [2.05, 4.69) is 55.3 Å². The lowest BCUT2D eigenvalue weighted by atomic mass is 9.84. The number of hydrogen-bond donors (Lipinski definition) is 2. The van der Waals surface area contributed by atoms with Crippen LogP contribution in [0.15, 0.2) is 36.5 Å². The molecule has 0 saturated heterocycles. The summed E-state index contributed by atoms with van der Waals surface area (Å²) in [4.78, 5) is 4.31. The van der Waals surface area contributed by atoms with Crippen LogP contribution in [0.4, 0.5) is 11.5 Å². The molecule has 0 atom stereocenters. The van der Waals surface area contributed by atoms with Crippen LogP contribution >= 0.6 is 0 Å². The van der Waals surface area contributed by atoms with E-state index in [1.807, 2.05) is 13.0 Å². The first-order valence-electron chi connectivity index (χ1n) is 6.91. The number of aryl methyl sites for hydroxylation is 2. The maximum absolute atomic E-state index is 5.79. The number of nitrogens with one attached hydrogen (secondary N) is 1. The first kappa shape index (κ1) is 14.4. The third-order valence-corrected chi connectivity index (χ3v) is 3.70. The van der Waals surface area contributed by atoms with Gasteiger partial charge >= 0.3 is 0 Å². The smallest absolute Gasteiger partial charge is 0.126 e. The molecule has 1 heterocycles. The molecular weight excluding hydrogens is 246 g/mol. The lowest BCUT2D eigenvalue weighted by molar-refractivity contribution is 0.556. The Morgan fingerprint density at radius 2 is 1.80 bits per heavy atom. The van der Waals surface area contributed by atoms with Crippen molar-refractivity contribution in [2.45, 2.75) is 33.1 Å². The molecule has 0 radical (unpaired) electrons. The molecule has 20 heavy (non-hydrogen) atoms. The van der Waals surface area contributed by atoms with Gasteiger partial charge in [-0.15, -0.1) is 0 Å². The number of pyridine rings is 1. The average molecular weight is 269 g/mol. The van der Waals surface area contributed by atoms with E-state index in [-0.39, 0.29) is 5.41 Å². The monoisotopic (exact) mass is 269 g/mol. The van der Waals surface area contributed by atoms with Gasteiger partial charge in [-0.25, -0.2) is 4.98 Å². The quantitative estimate of drug-likeness (QED) is 0.890. The number of rotatable bonds is 4. The van der Waals surface area contributed by atoms with E-state index in [1.165, 1.54) is 11.1 Å². The van der Waals surface area contributed by atoms with Gasteiger partial charge in [0.2, 0.25) is 0 Å². The molecule has 106 valence electrons. The lowest BCUT2D eigenvalue weighted by Gasteiger charge is -2.26. The maximum atomic E-state index is 5.79. The molecule has 3 nitrogen and oxygen atoms in total. The zero-order valence-corrected chi connectivity index (χ0v) is 12.7. The summed E-state index contributed by atoms with van der Waals surface area (Å²) in [5.74, 6) is 0.872. The molecule has 0 saturated carbocycles. The second-order valence-corrected chi connectivity index (χ2v) is 6.03. The Bertz CT molecular complexity index is 586. The molecule has 0 aliphatic heterocycles. The topological polar surface area (TPSA) is 50.9 Å². The SMILES string of the molecule is Cc1ccc(C(C)(C)CNc2cc(C)c(N)cn2)cc1. The molecule has 1 aromatic heterocycles. The van der Waals surface area contributed by atoms with Crippen LogP contribution in [0, 0.1) is 13.8 Å². The van der Waals surface area contributed by atoms with Gasteiger partial charge in [-0.3, -0.25) is 0 Å². The van der Waals surface area contributed by atoms with Crippen molar-refractivity contribution in [3.05, 3.63) is 53.2 Å². The van der Waals surface area contributed by atoms with E-state index in [1.54, 1.807) is 6.20 Å². The summed E-state index contributed by atoms with van der Waals surface area (Å²) in [6, 6.07) is 10.7. The molecule has 2 aromatic rings. The Morgan fingerprint density at radius 1 is 1.15 bits per heavy atom. The first-order chi connectivity index (χ1) is 9.38. The van der Waals surface area contributed by atoms with E-state index >= 15 is 0 Å². The fourth-order valence-corrected chi connectivity index (χ4v) is 2.08. The highest BCUT2D eigenvalue weighted by molar-refractivity contribution is 5.51. The molecule has 2 rings (SSSR count). The summed E-state index contributed by atoms with van der Waals surface area (Å²) in [6.07, 6.45) is 1.70. The Morgan fingerprint density at radius 3 is 2.40 bits per heavy atom. The van der Waals surface area contributed by atoms with Gasteiger partial charge in [-0.05, 0) is 31.0 Å². The van der Waals surface area contributed by atoms with Gasteiger partial charge in [0, 0.05) is 12.0 Å². The molecule has 0 fully saturated rings. The van der Waals surface area contributed by atoms with Crippen molar-refractivity contribution in [3.63, 3.8) is 0 Å². The third-order valence-electron chi connectivity index (χ3n) is 3.70. The van der Waals surface area contributed by atoms with Crippen molar-refractivity contribution in [2.75, 3.05) is 17.6 Å². The standard InChI is InChI=1S/C17H23N3/c1-12-5-7-14(8-6-12)17(3,4)11-20-16-9-13(2)15(18)10-19-16/h5-10H,11,18H2,1-4H3,(H,19,20). The van der Waals surface area contributed by atoms with E-state index < -0.39 is 0 Å². The number of benzene rings is 1. The number of nitrogens with two attached hydrogens (primary N) is 1. The van der Waals surface area contributed by atoms with E-state index in [4.69, 9.17) is 5.73 Å². The van der Waals surface area contributed by atoms with Crippen molar-refractivity contribution in [3.8, 4) is 0 Å². The van der Waals surface area contributed by atoms with Crippen LogP contribution in [0.2, 0.25) is 0 Å². The zero-order valence-electron chi connectivity index (χ0n) is 12.7. The van der Waals surface area contributed by atoms with Crippen LogP contribution in [0.5, 0.6) is 0 Å². The van der Waals surface area contributed by atoms with Gasteiger partial charge in [-0.1, -0.05) is 43.7 Å². The van der Waals surface area contributed by atoms with Crippen molar-refractivity contribution in [1.82, 2.24) is 4.98 Å². The van der Waals surface area contributed by atoms with Crippen LogP contribution in [0.3, 0.4) is 0 Å². The molecule has 0 aliphatic carbocycles. The predicted octanol–water partition coefficient (Wildman–Crippen LogP) is 3.67. The van der Waals surface area contributed by atoms with Gasteiger partial charge in [0.05, 0.1) is 11.9 Å². The summed E-state index contributed by atoms with van der Waals surface area (Å²) in [7, 11) is 0. The number of anilines is 2. The molecule has 0 amide bonds. The second-order valence-electron chi connectivity index (χ2n) is 6.03. The van der Waals surface area contributed by atoms with Gasteiger partial charge in [-0.2, -0.15) is 0 Å². The van der Waals surface area contributed by atoms with Gasteiger partial charge in [0.25, 0.3) is 0 Å². The molecule has 3 N–H and O–H groups in total. The van der Waals surface area contributed by atoms with Crippen LogP contribution < -0.4 is 11.1 Å². The molecule has 1 aromatic carbocycles. The Hall–Kier alpha value is -2.03. The highest BCUT2D eigenvalue weighted by atomic mass is 15.0. The van der Waals surface area contributed by atoms with Crippen molar-refractivity contribution < 1.29 is 0 Å². The van der Waals surface area contributed by atoms with E-state index in [0.29, 0.717) is 0 Å². The Labute approximate surface area is 121 Å². The van der Waals surface area contributed by atoms with Crippen molar-refractivity contribution in [1.29, 1.82) is 0 Å². The molecule has 0 aliphatic rings. The minimum atomic E-state index is 0.0463.